The van der Waals surface area contributed by atoms with Gasteiger partial charge in [-0.2, -0.15) is 0 Å². The maximum atomic E-state index is 12.3. The van der Waals surface area contributed by atoms with E-state index in [1.54, 1.807) is 12.1 Å². The molecule has 1 amide bonds. The second-order valence-corrected chi connectivity index (χ2v) is 6.74. The van der Waals surface area contributed by atoms with Crippen molar-refractivity contribution in [2.75, 3.05) is 6.61 Å². The summed E-state index contributed by atoms with van der Waals surface area (Å²) in [6.07, 6.45) is 2.54. The van der Waals surface area contributed by atoms with Gasteiger partial charge in [-0.25, -0.2) is 13.1 Å². The van der Waals surface area contributed by atoms with E-state index in [0.29, 0.717) is 25.0 Å². The third kappa shape index (κ3) is 2.96. The zero-order valence-corrected chi connectivity index (χ0v) is 12.6. The van der Waals surface area contributed by atoms with E-state index in [1.165, 1.54) is 12.3 Å². The lowest BCUT2D eigenvalue weighted by Gasteiger charge is -2.14. The van der Waals surface area contributed by atoms with E-state index in [1.807, 2.05) is 24.3 Å². The molecule has 6 heteroatoms. The number of carbonyl (C=O) groups is 1. The molecule has 0 radical (unpaired) electrons. The van der Waals surface area contributed by atoms with Crippen LogP contribution in [0.1, 0.15) is 12.8 Å². The van der Waals surface area contributed by atoms with Gasteiger partial charge in [0.05, 0.1) is 23.3 Å². The van der Waals surface area contributed by atoms with Gasteiger partial charge in [-0.05, 0) is 35.7 Å². The average molecular weight is 317 g/mol. The quantitative estimate of drug-likeness (QED) is 0.943. The van der Waals surface area contributed by atoms with Gasteiger partial charge >= 0.3 is 0 Å². The van der Waals surface area contributed by atoms with Crippen molar-refractivity contribution >= 4 is 26.7 Å². The fourth-order valence-electron chi connectivity index (χ4n) is 2.31. The highest BCUT2D eigenvalue weighted by atomic mass is 32.2. The predicted molar refractivity (Wildman–Crippen MR) is 82.5 cm³/mol. The molecule has 0 saturated heterocycles. The molecular weight excluding hydrogens is 302 g/mol. The molecule has 0 fully saturated rings. The number of benzene rings is 2. The maximum absolute atomic E-state index is 12.3. The molecule has 0 aliphatic carbocycles. The standard InChI is InChI=1S/C16H15NO4S/c18-16(14-6-3-9-21-11-14)17-22(19,20)15-8-7-12-4-1-2-5-13(12)10-15/h1-2,4-5,7-8,10-11H,3,6,9H2,(H,17,18). The summed E-state index contributed by atoms with van der Waals surface area (Å²) in [4.78, 5) is 12.1. The first-order chi connectivity index (χ1) is 10.6. The molecule has 5 nitrogen and oxygen atoms in total. The van der Waals surface area contributed by atoms with Crippen LogP contribution in [0.15, 0.2) is 59.2 Å². The Kier molecular flexibility index (Phi) is 3.85. The molecule has 114 valence electrons. The lowest BCUT2D eigenvalue weighted by atomic mass is 10.1. The fourth-order valence-corrected chi connectivity index (χ4v) is 3.33. The largest absolute Gasteiger partial charge is 0.501 e. The first-order valence-corrected chi connectivity index (χ1v) is 8.41. The van der Waals surface area contributed by atoms with Gasteiger partial charge in [-0.15, -0.1) is 0 Å². The number of hydrogen-bond acceptors (Lipinski definition) is 4. The van der Waals surface area contributed by atoms with Crippen LogP contribution in [0.2, 0.25) is 0 Å². The van der Waals surface area contributed by atoms with Crippen molar-refractivity contribution in [1.82, 2.24) is 4.72 Å². The van der Waals surface area contributed by atoms with E-state index in [-0.39, 0.29) is 4.90 Å². The number of nitrogens with one attached hydrogen (secondary N) is 1. The summed E-state index contributed by atoms with van der Waals surface area (Å²) >= 11 is 0. The number of fused-ring (bicyclic) bond motifs is 1. The highest BCUT2D eigenvalue weighted by Crippen LogP contribution is 2.19. The highest BCUT2D eigenvalue weighted by molar-refractivity contribution is 7.90. The molecule has 0 bridgehead atoms. The van der Waals surface area contributed by atoms with Crippen LogP contribution < -0.4 is 4.72 Å². The van der Waals surface area contributed by atoms with Crippen molar-refractivity contribution < 1.29 is 17.9 Å². The van der Waals surface area contributed by atoms with Crippen LogP contribution in [-0.2, 0) is 19.6 Å². The average Bonchev–Trinajstić information content (AvgIpc) is 2.55. The van der Waals surface area contributed by atoms with Crippen molar-refractivity contribution in [3.8, 4) is 0 Å². The number of carbonyl (C=O) groups excluding carboxylic acids is 1. The van der Waals surface area contributed by atoms with Gasteiger partial charge < -0.3 is 4.74 Å². The van der Waals surface area contributed by atoms with E-state index in [9.17, 15) is 13.2 Å². The summed E-state index contributed by atoms with van der Waals surface area (Å²) in [6.45, 7) is 0.550. The molecule has 2 aromatic rings. The van der Waals surface area contributed by atoms with Crippen LogP contribution >= 0.6 is 0 Å². The van der Waals surface area contributed by atoms with E-state index in [4.69, 9.17) is 4.74 Å². The topological polar surface area (TPSA) is 72.5 Å². The predicted octanol–water partition coefficient (Wildman–Crippen LogP) is 2.34. The summed E-state index contributed by atoms with van der Waals surface area (Å²) < 4.78 is 31.8. The van der Waals surface area contributed by atoms with Gasteiger partial charge in [-0.1, -0.05) is 30.3 Å². The highest BCUT2D eigenvalue weighted by Gasteiger charge is 2.21. The van der Waals surface area contributed by atoms with Gasteiger partial charge in [-0.3, -0.25) is 4.79 Å². The minimum atomic E-state index is -3.90. The lowest BCUT2D eigenvalue weighted by molar-refractivity contribution is -0.116. The van der Waals surface area contributed by atoms with Crippen molar-refractivity contribution in [3.63, 3.8) is 0 Å². The molecule has 0 unspecified atom stereocenters. The van der Waals surface area contributed by atoms with E-state index in [0.717, 1.165) is 10.8 Å². The summed E-state index contributed by atoms with van der Waals surface area (Å²) in [7, 11) is -3.90. The summed E-state index contributed by atoms with van der Waals surface area (Å²) in [5.41, 5.74) is 0.343. The number of ether oxygens (including phenoxy) is 1. The van der Waals surface area contributed by atoms with Crippen molar-refractivity contribution in [1.29, 1.82) is 0 Å². The smallest absolute Gasteiger partial charge is 0.264 e. The number of amides is 1. The zero-order chi connectivity index (χ0) is 15.6. The molecule has 1 aliphatic rings. The molecule has 0 spiro atoms. The number of hydrogen-bond donors (Lipinski definition) is 1. The molecule has 2 aromatic carbocycles. The molecule has 1 aliphatic heterocycles. The molecule has 1 heterocycles. The zero-order valence-electron chi connectivity index (χ0n) is 11.8. The molecule has 1 N–H and O–H groups in total. The second-order valence-electron chi connectivity index (χ2n) is 5.06. The SMILES string of the molecule is O=C(NS(=O)(=O)c1ccc2ccccc2c1)C1=COCCC1. The Balaban J connectivity index is 1.87. The summed E-state index contributed by atoms with van der Waals surface area (Å²) in [6, 6.07) is 12.2. The summed E-state index contributed by atoms with van der Waals surface area (Å²) in [5.74, 6) is -0.632. The first kappa shape index (κ1) is 14.6. The van der Waals surface area contributed by atoms with Crippen molar-refractivity contribution in [2.45, 2.75) is 17.7 Å². The van der Waals surface area contributed by atoms with Gasteiger partial charge in [0, 0.05) is 0 Å². The van der Waals surface area contributed by atoms with Crippen LogP contribution in [0.3, 0.4) is 0 Å². The first-order valence-electron chi connectivity index (χ1n) is 6.93. The van der Waals surface area contributed by atoms with Gasteiger partial charge in [0.1, 0.15) is 0 Å². The second kappa shape index (κ2) is 5.81. The Morgan fingerprint density at radius 3 is 2.59 bits per heavy atom. The minimum Gasteiger partial charge on any atom is -0.501 e. The minimum absolute atomic E-state index is 0.0666. The van der Waals surface area contributed by atoms with Crippen LogP contribution in [0.5, 0.6) is 0 Å². The maximum Gasteiger partial charge on any atom is 0.264 e. The normalized spacial score (nSPS) is 15.0. The van der Waals surface area contributed by atoms with Crippen molar-refractivity contribution in [2.24, 2.45) is 0 Å². The van der Waals surface area contributed by atoms with Gasteiger partial charge in [0.15, 0.2) is 0 Å². The van der Waals surface area contributed by atoms with Crippen LogP contribution in [-0.4, -0.2) is 20.9 Å². The van der Waals surface area contributed by atoms with E-state index in [2.05, 4.69) is 4.72 Å². The molecule has 0 atom stereocenters. The molecule has 0 aromatic heterocycles. The van der Waals surface area contributed by atoms with Crippen molar-refractivity contribution in [3.05, 3.63) is 54.3 Å². The molecule has 3 rings (SSSR count). The molecule has 22 heavy (non-hydrogen) atoms. The molecule has 0 saturated carbocycles. The van der Waals surface area contributed by atoms with Crippen LogP contribution in [0, 0.1) is 0 Å². The lowest BCUT2D eigenvalue weighted by Crippen LogP contribution is -2.32. The Bertz CT molecular complexity index is 855. The van der Waals surface area contributed by atoms with Gasteiger partial charge in [0.25, 0.3) is 15.9 Å². The fraction of sp³-hybridized carbons (Fsp3) is 0.188. The van der Waals surface area contributed by atoms with Crippen LogP contribution in [0.4, 0.5) is 0 Å². The molecular formula is C16H15NO4S. The Morgan fingerprint density at radius 1 is 1.09 bits per heavy atom. The Labute approximate surface area is 128 Å². The Morgan fingerprint density at radius 2 is 1.86 bits per heavy atom. The summed E-state index contributed by atoms with van der Waals surface area (Å²) in [5, 5.41) is 1.74. The Hall–Kier alpha value is -2.34. The monoisotopic (exact) mass is 317 g/mol. The van der Waals surface area contributed by atoms with E-state index < -0.39 is 15.9 Å². The third-order valence-corrected chi connectivity index (χ3v) is 4.81. The third-order valence-electron chi connectivity index (χ3n) is 3.48. The number of rotatable bonds is 3. The van der Waals surface area contributed by atoms with Gasteiger partial charge in [0.2, 0.25) is 0 Å². The van der Waals surface area contributed by atoms with E-state index >= 15 is 0 Å². The number of sulfonamides is 1. The van der Waals surface area contributed by atoms with Crippen LogP contribution in [0.25, 0.3) is 10.8 Å².